The van der Waals surface area contributed by atoms with Crippen molar-refractivity contribution in [1.29, 1.82) is 0 Å². The molecular formula is C30H34Cl2FN3O5S. The Labute approximate surface area is 256 Å². The molecule has 0 saturated heterocycles. The van der Waals surface area contributed by atoms with Crippen molar-refractivity contribution in [3.05, 3.63) is 88.2 Å². The lowest BCUT2D eigenvalue weighted by Gasteiger charge is -2.33. The summed E-state index contributed by atoms with van der Waals surface area (Å²) in [6.45, 7) is 6.87. The first kappa shape index (κ1) is 33.2. The molecule has 1 atom stereocenters. The highest BCUT2D eigenvalue weighted by atomic mass is 35.5. The molecule has 0 saturated carbocycles. The van der Waals surface area contributed by atoms with Gasteiger partial charge in [-0.2, -0.15) is 0 Å². The first-order valence-corrected chi connectivity index (χ1v) is 15.6. The molecule has 3 aromatic carbocycles. The highest BCUT2D eigenvalue weighted by Gasteiger charge is 2.34. The molecule has 0 aliphatic rings. The zero-order chi connectivity index (χ0) is 31.0. The molecule has 0 aliphatic heterocycles. The Bertz CT molecular complexity index is 1490. The molecule has 0 aliphatic carbocycles. The van der Waals surface area contributed by atoms with E-state index in [4.69, 9.17) is 27.9 Å². The van der Waals surface area contributed by atoms with Gasteiger partial charge in [0.2, 0.25) is 11.8 Å². The number of nitrogens with one attached hydrogen (secondary N) is 1. The van der Waals surface area contributed by atoms with Gasteiger partial charge in [0.25, 0.3) is 10.0 Å². The SMILES string of the molecule is CCOc1ccc(S(=O)(=O)N(CC(=O)N(Cc2ccc(Cl)c(Cl)c2)[C@@H](CC)C(=O)NC(C)C)c2ccc(F)cc2)cc1. The van der Waals surface area contributed by atoms with Gasteiger partial charge < -0.3 is 15.0 Å². The number of benzene rings is 3. The van der Waals surface area contributed by atoms with Crippen molar-refractivity contribution in [3.8, 4) is 5.75 Å². The van der Waals surface area contributed by atoms with Crippen LogP contribution in [-0.2, 0) is 26.2 Å². The predicted molar refractivity (Wildman–Crippen MR) is 163 cm³/mol. The third-order valence-electron chi connectivity index (χ3n) is 6.27. The van der Waals surface area contributed by atoms with E-state index in [-0.39, 0.29) is 40.5 Å². The van der Waals surface area contributed by atoms with Crippen LogP contribution in [0.15, 0.2) is 71.6 Å². The molecular weight excluding hydrogens is 604 g/mol. The lowest BCUT2D eigenvalue weighted by Crippen LogP contribution is -2.53. The normalized spacial score (nSPS) is 12.1. The van der Waals surface area contributed by atoms with Crippen LogP contribution in [0.25, 0.3) is 0 Å². The van der Waals surface area contributed by atoms with Crippen LogP contribution >= 0.6 is 23.2 Å². The number of halogens is 3. The minimum absolute atomic E-state index is 0.0416. The average molecular weight is 639 g/mol. The van der Waals surface area contributed by atoms with E-state index < -0.39 is 34.3 Å². The van der Waals surface area contributed by atoms with Gasteiger partial charge in [-0.3, -0.25) is 13.9 Å². The molecule has 2 amide bonds. The fourth-order valence-electron chi connectivity index (χ4n) is 4.27. The summed E-state index contributed by atoms with van der Waals surface area (Å²) in [4.78, 5) is 28.5. The second-order valence-corrected chi connectivity index (χ2v) is 12.4. The van der Waals surface area contributed by atoms with E-state index in [0.29, 0.717) is 22.9 Å². The number of nitrogens with zero attached hydrogens (tertiary/aromatic N) is 2. The van der Waals surface area contributed by atoms with Crippen LogP contribution in [0.3, 0.4) is 0 Å². The van der Waals surface area contributed by atoms with Crippen molar-refractivity contribution in [2.24, 2.45) is 0 Å². The highest BCUT2D eigenvalue weighted by molar-refractivity contribution is 7.92. The van der Waals surface area contributed by atoms with Crippen LogP contribution in [0.5, 0.6) is 5.75 Å². The highest BCUT2D eigenvalue weighted by Crippen LogP contribution is 2.28. The summed E-state index contributed by atoms with van der Waals surface area (Å²) >= 11 is 12.3. The second-order valence-electron chi connectivity index (χ2n) is 9.75. The fourth-order valence-corrected chi connectivity index (χ4v) is 6.01. The molecule has 12 heteroatoms. The summed E-state index contributed by atoms with van der Waals surface area (Å²) in [6.07, 6.45) is 0.258. The molecule has 42 heavy (non-hydrogen) atoms. The van der Waals surface area contributed by atoms with E-state index in [0.717, 1.165) is 16.4 Å². The summed E-state index contributed by atoms with van der Waals surface area (Å²) < 4.78 is 48.0. The number of hydrogen-bond donors (Lipinski definition) is 1. The van der Waals surface area contributed by atoms with Gasteiger partial charge in [-0.25, -0.2) is 12.8 Å². The van der Waals surface area contributed by atoms with Crippen LogP contribution in [0.2, 0.25) is 10.0 Å². The molecule has 3 rings (SSSR count). The van der Waals surface area contributed by atoms with Crippen LogP contribution in [0.4, 0.5) is 10.1 Å². The van der Waals surface area contributed by atoms with E-state index in [1.54, 1.807) is 45.9 Å². The Balaban J connectivity index is 2.06. The topological polar surface area (TPSA) is 96.0 Å². The van der Waals surface area contributed by atoms with E-state index in [9.17, 15) is 22.4 Å². The van der Waals surface area contributed by atoms with Crippen molar-refractivity contribution in [1.82, 2.24) is 10.2 Å². The summed E-state index contributed by atoms with van der Waals surface area (Å²) in [5, 5.41) is 3.43. The van der Waals surface area contributed by atoms with Crippen LogP contribution in [-0.4, -0.2) is 50.4 Å². The number of ether oxygens (including phenoxy) is 1. The van der Waals surface area contributed by atoms with Crippen molar-refractivity contribution in [2.75, 3.05) is 17.5 Å². The molecule has 0 unspecified atom stereocenters. The molecule has 0 spiro atoms. The predicted octanol–water partition coefficient (Wildman–Crippen LogP) is 6.06. The van der Waals surface area contributed by atoms with Gasteiger partial charge in [0.05, 0.1) is 27.2 Å². The number of carbonyl (C=O) groups is 2. The average Bonchev–Trinajstić information content (AvgIpc) is 2.94. The van der Waals surface area contributed by atoms with Gasteiger partial charge in [-0.1, -0.05) is 36.2 Å². The molecule has 0 heterocycles. The van der Waals surface area contributed by atoms with E-state index in [1.807, 2.05) is 0 Å². The molecule has 3 aromatic rings. The Morgan fingerprint density at radius 2 is 1.60 bits per heavy atom. The lowest BCUT2D eigenvalue weighted by molar-refractivity contribution is -0.140. The van der Waals surface area contributed by atoms with Gasteiger partial charge in [0, 0.05) is 12.6 Å². The minimum Gasteiger partial charge on any atom is -0.494 e. The van der Waals surface area contributed by atoms with Crippen LogP contribution < -0.4 is 14.4 Å². The zero-order valence-electron chi connectivity index (χ0n) is 23.8. The molecule has 0 radical (unpaired) electrons. The Hall–Kier alpha value is -3.34. The maximum Gasteiger partial charge on any atom is 0.264 e. The maximum atomic E-state index is 14.0. The quantitative estimate of drug-likeness (QED) is 0.246. The molecule has 0 bridgehead atoms. The van der Waals surface area contributed by atoms with Gasteiger partial charge in [0.15, 0.2) is 0 Å². The van der Waals surface area contributed by atoms with Crippen molar-refractivity contribution >= 4 is 50.7 Å². The first-order valence-electron chi connectivity index (χ1n) is 13.4. The monoisotopic (exact) mass is 637 g/mol. The van der Waals surface area contributed by atoms with Crippen molar-refractivity contribution in [3.63, 3.8) is 0 Å². The van der Waals surface area contributed by atoms with Gasteiger partial charge in [-0.05, 0) is 93.4 Å². The molecule has 226 valence electrons. The van der Waals surface area contributed by atoms with Gasteiger partial charge in [0.1, 0.15) is 24.2 Å². The number of amides is 2. The van der Waals surface area contributed by atoms with Crippen molar-refractivity contribution in [2.45, 2.75) is 57.6 Å². The number of rotatable bonds is 13. The standard InChI is InChI=1S/C30H34Cl2FN3O5S/c1-5-28(30(38)34-20(3)4)35(18-21-7-16-26(31)27(32)17-21)29(37)19-36(23-10-8-22(33)9-11-23)42(39,40)25-14-12-24(13-15-25)41-6-2/h7-17,20,28H,5-6,18-19H2,1-4H3,(H,34,38)/t28-/m0/s1. The number of hydrogen-bond acceptors (Lipinski definition) is 5. The number of carbonyl (C=O) groups excluding carboxylic acids is 2. The second kappa shape index (κ2) is 14.7. The summed E-state index contributed by atoms with van der Waals surface area (Å²) in [5.74, 6) is -1.12. The largest absolute Gasteiger partial charge is 0.494 e. The lowest BCUT2D eigenvalue weighted by atomic mass is 10.1. The smallest absolute Gasteiger partial charge is 0.264 e. The number of anilines is 1. The van der Waals surface area contributed by atoms with E-state index in [1.165, 1.54) is 41.3 Å². The third kappa shape index (κ3) is 8.36. The first-order chi connectivity index (χ1) is 19.9. The third-order valence-corrected chi connectivity index (χ3v) is 8.80. The van der Waals surface area contributed by atoms with Crippen molar-refractivity contribution < 1.29 is 27.1 Å². The number of sulfonamides is 1. The molecule has 0 fully saturated rings. The minimum atomic E-state index is -4.32. The summed E-state index contributed by atoms with van der Waals surface area (Å²) in [6, 6.07) is 14.3. The van der Waals surface area contributed by atoms with E-state index >= 15 is 0 Å². The molecule has 8 nitrogen and oxygen atoms in total. The van der Waals surface area contributed by atoms with Gasteiger partial charge in [-0.15, -0.1) is 0 Å². The molecule has 0 aromatic heterocycles. The summed E-state index contributed by atoms with van der Waals surface area (Å²) in [7, 11) is -4.32. The van der Waals surface area contributed by atoms with Crippen LogP contribution in [0, 0.1) is 5.82 Å². The van der Waals surface area contributed by atoms with Crippen LogP contribution in [0.1, 0.15) is 39.7 Å². The zero-order valence-corrected chi connectivity index (χ0v) is 26.1. The van der Waals surface area contributed by atoms with E-state index in [2.05, 4.69) is 5.32 Å². The Morgan fingerprint density at radius 3 is 2.14 bits per heavy atom. The Kier molecular flexibility index (Phi) is 11.6. The fraction of sp³-hybridized carbons (Fsp3) is 0.333. The van der Waals surface area contributed by atoms with Gasteiger partial charge >= 0.3 is 0 Å². The summed E-state index contributed by atoms with van der Waals surface area (Å²) in [5.41, 5.74) is 0.670. The maximum absolute atomic E-state index is 14.0. The Morgan fingerprint density at radius 1 is 0.952 bits per heavy atom. The molecule has 1 N–H and O–H groups in total.